The van der Waals surface area contributed by atoms with Crippen LogP contribution in [-0.2, 0) is 9.53 Å². The van der Waals surface area contributed by atoms with Gasteiger partial charge in [0.25, 0.3) is 5.91 Å². The van der Waals surface area contributed by atoms with Gasteiger partial charge in [-0.15, -0.1) is 0 Å². The number of aryl methyl sites for hydroxylation is 2. The minimum atomic E-state index is -1.01. The Morgan fingerprint density at radius 3 is 2.43 bits per heavy atom. The standard InChI is InChI=1S/C19H19ClN4O4/c1-10-9-16(28-23-10)21-18(25)13(4)27-19(26)14-5-7-15(8-6-14)24-12(3)17(20)11(2)22-24/h5-9,13H,1-4H3,(H,21,25). The van der Waals surface area contributed by atoms with Gasteiger partial charge in [0.1, 0.15) is 0 Å². The molecule has 1 aromatic carbocycles. The highest BCUT2D eigenvalue weighted by atomic mass is 35.5. The summed E-state index contributed by atoms with van der Waals surface area (Å²) < 4.78 is 11.8. The summed E-state index contributed by atoms with van der Waals surface area (Å²) in [5.74, 6) is -0.939. The van der Waals surface area contributed by atoms with Gasteiger partial charge in [0, 0.05) is 6.07 Å². The molecule has 2 heterocycles. The fourth-order valence-corrected chi connectivity index (χ4v) is 2.66. The lowest BCUT2D eigenvalue weighted by molar-refractivity contribution is -0.123. The molecule has 0 aliphatic heterocycles. The van der Waals surface area contributed by atoms with Crippen molar-refractivity contribution in [2.75, 3.05) is 5.32 Å². The Kier molecular flexibility index (Phi) is 5.51. The summed E-state index contributed by atoms with van der Waals surface area (Å²) in [6.07, 6.45) is -1.01. The zero-order valence-electron chi connectivity index (χ0n) is 15.8. The molecule has 0 spiro atoms. The van der Waals surface area contributed by atoms with Crippen molar-refractivity contribution in [2.24, 2.45) is 0 Å². The number of hydrogen-bond acceptors (Lipinski definition) is 6. The van der Waals surface area contributed by atoms with Crippen LogP contribution in [0.1, 0.15) is 34.4 Å². The molecule has 9 heteroatoms. The van der Waals surface area contributed by atoms with Crippen molar-refractivity contribution in [3.05, 3.63) is 58.0 Å². The average molecular weight is 403 g/mol. The number of carbonyl (C=O) groups is 2. The number of esters is 1. The molecule has 0 saturated carbocycles. The van der Waals surface area contributed by atoms with Crippen molar-refractivity contribution in [1.29, 1.82) is 0 Å². The first-order valence-electron chi connectivity index (χ1n) is 8.53. The van der Waals surface area contributed by atoms with E-state index in [9.17, 15) is 9.59 Å². The molecule has 0 aliphatic carbocycles. The highest BCUT2D eigenvalue weighted by molar-refractivity contribution is 6.31. The second-order valence-electron chi connectivity index (χ2n) is 6.31. The summed E-state index contributed by atoms with van der Waals surface area (Å²) in [4.78, 5) is 24.4. The van der Waals surface area contributed by atoms with Crippen LogP contribution in [0.4, 0.5) is 5.88 Å². The molecule has 0 radical (unpaired) electrons. The minimum absolute atomic E-state index is 0.193. The number of nitrogens with zero attached hydrogens (tertiary/aromatic N) is 3. The van der Waals surface area contributed by atoms with Crippen molar-refractivity contribution >= 4 is 29.4 Å². The molecule has 2 aromatic heterocycles. The number of ether oxygens (including phenoxy) is 1. The van der Waals surface area contributed by atoms with Crippen LogP contribution in [0, 0.1) is 20.8 Å². The number of benzene rings is 1. The van der Waals surface area contributed by atoms with Gasteiger partial charge in [0.05, 0.1) is 33.4 Å². The Bertz CT molecular complexity index is 1020. The Labute approximate surface area is 166 Å². The van der Waals surface area contributed by atoms with Crippen LogP contribution >= 0.6 is 11.6 Å². The van der Waals surface area contributed by atoms with Gasteiger partial charge in [-0.05, 0) is 52.0 Å². The van der Waals surface area contributed by atoms with Crippen molar-refractivity contribution in [2.45, 2.75) is 33.8 Å². The third-order valence-electron chi connectivity index (χ3n) is 4.08. The number of nitrogens with one attached hydrogen (secondary N) is 1. The summed E-state index contributed by atoms with van der Waals surface area (Å²) in [6.45, 7) is 6.89. The number of aromatic nitrogens is 3. The summed E-state index contributed by atoms with van der Waals surface area (Å²) in [7, 11) is 0. The average Bonchev–Trinajstić information content (AvgIpc) is 3.19. The van der Waals surface area contributed by atoms with E-state index in [2.05, 4.69) is 15.6 Å². The number of halogens is 1. The van der Waals surface area contributed by atoms with Gasteiger partial charge in [0.15, 0.2) is 6.10 Å². The van der Waals surface area contributed by atoms with Crippen LogP contribution in [0.3, 0.4) is 0 Å². The van der Waals surface area contributed by atoms with Crippen LogP contribution in [-0.4, -0.2) is 32.9 Å². The molecule has 3 rings (SSSR count). The molecule has 1 N–H and O–H groups in total. The van der Waals surface area contributed by atoms with Gasteiger partial charge in [-0.25, -0.2) is 9.48 Å². The van der Waals surface area contributed by atoms with E-state index in [1.165, 1.54) is 6.92 Å². The number of carbonyl (C=O) groups excluding carboxylic acids is 2. The van der Waals surface area contributed by atoms with Crippen LogP contribution < -0.4 is 5.32 Å². The van der Waals surface area contributed by atoms with E-state index in [1.807, 2.05) is 13.8 Å². The Balaban J connectivity index is 1.65. The van der Waals surface area contributed by atoms with E-state index >= 15 is 0 Å². The Morgan fingerprint density at radius 1 is 1.21 bits per heavy atom. The van der Waals surface area contributed by atoms with Crippen LogP contribution in [0.5, 0.6) is 0 Å². The fourth-order valence-electron chi connectivity index (χ4n) is 2.54. The molecular weight excluding hydrogens is 384 g/mol. The van der Waals surface area contributed by atoms with Gasteiger partial charge in [-0.3, -0.25) is 10.1 Å². The second kappa shape index (κ2) is 7.85. The fraction of sp³-hybridized carbons (Fsp3) is 0.263. The molecule has 1 atom stereocenters. The monoisotopic (exact) mass is 402 g/mol. The predicted octanol–water partition coefficient (Wildman–Crippen LogP) is 3.62. The molecule has 0 saturated heterocycles. The number of anilines is 1. The molecule has 146 valence electrons. The molecule has 0 aliphatic rings. The van der Waals surface area contributed by atoms with E-state index in [0.29, 0.717) is 16.3 Å². The van der Waals surface area contributed by atoms with Gasteiger partial charge in [0.2, 0.25) is 5.88 Å². The first-order valence-corrected chi connectivity index (χ1v) is 8.91. The smallest absolute Gasteiger partial charge is 0.338 e. The third-order valence-corrected chi connectivity index (χ3v) is 4.62. The van der Waals surface area contributed by atoms with Crippen LogP contribution in [0.2, 0.25) is 5.02 Å². The largest absolute Gasteiger partial charge is 0.449 e. The minimum Gasteiger partial charge on any atom is -0.449 e. The summed E-state index contributed by atoms with van der Waals surface area (Å²) in [6, 6.07) is 8.23. The molecule has 1 unspecified atom stereocenters. The van der Waals surface area contributed by atoms with Crippen molar-refractivity contribution in [3.8, 4) is 5.69 Å². The molecule has 8 nitrogen and oxygen atoms in total. The van der Waals surface area contributed by atoms with Gasteiger partial charge in [-0.2, -0.15) is 5.10 Å². The lowest BCUT2D eigenvalue weighted by Gasteiger charge is -2.12. The second-order valence-corrected chi connectivity index (χ2v) is 6.69. The van der Waals surface area contributed by atoms with E-state index < -0.39 is 18.0 Å². The lowest BCUT2D eigenvalue weighted by atomic mass is 10.2. The van der Waals surface area contributed by atoms with Crippen LogP contribution in [0.25, 0.3) is 5.69 Å². The highest BCUT2D eigenvalue weighted by Gasteiger charge is 2.20. The van der Waals surface area contributed by atoms with E-state index in [1.54, 1.807) is 41.9 Å². The topological polar surface area (TPSA) is 99.2 Å². The third kappa shape index (κ3) is 4.07. The quantitative estimate of drug-likeness (QED) is 0.654. The maximum absolute atomic E-state index is 12.3. The van der Waals surface area contributed by atoms with Crippen molar-refractivity contribution in [1.82, 2.24) is 14.9 Å². The van der Waals surface area contributed by atoms with Gasteiger partial charge in [-0.1, -0.05) is 16.8 Å². The van der Waals surface area contributed by atoms with Gasteiger partial charge < -0.3 is 9.26 Å². The zero-order valence-corrected chi connectivity index (χ0v) is 16.6. The van der Waals surface area contributed by atoms with Crippen LogP contribution in [0.15, 0.2) is 34.9 Å². The van der Waals surface area contributed by atoms with E-state index in [4.69, 9.17) is 20.9 Å². The first-order chi connectivity index (χ1) is 13.3. The number of hydrogen-bond donors (Lipinski definition) is 1. The van der Waals surface area contributed by atoms with Crippen molar-refractivity contribution in [3.63, 3.8) is 0 Å². The molecule has 0 bridgehead atoms. The lowest BCUT2D eigenvalue weighted by Crippen LogP contribution is -2.29. The molecule has 28 heavy (non-hydrogen) atoms. The normalized spacial score (nSPS) is 11.9. The molecular formula is C19H19ClN4O4. The molecule has 3 aromatic rings. The maximum Gasteiger partial charge on any atom is 0.338 e. The van der Waals surface area contributed by atoms with Gasteiger partial charge >= 0.3 is 5.97 Å². The summed E-state index contributed by atoms with van der Waals surface area (Å²) in [5, 5.41) is 11.1. The van der Waals surface area contributed by atoms with Crippen molar-refractivity contribution < 1.29 is 18.8 Å². The summed E-state index contributed by atoms with van der Waals surface area (Å²) in [5.41, 5.74) is 3.23. The predicted molar refractivity (Wildman–Crippen MR) is 103 cm³/mol. The molecule has 1 amide bonds. The van der Waals surface area contributed by atoms with E-state index in [0.717, 1.165) is 17.1 Å². The Morgan fingerprint density at radius 2 is 1.89 bits per heavy atom. The highest BCUT2D eigenvalue weighted by Crippen LogP contribution is 2.22. The zero-order chi connectivity index (χ0) is 20.4. The number of rotatable bonds is 5. The first kappa shape index (κ1) is 19.6. The SMILES string of the molecule is Cc1cc(NC(=O)C(C)OC(=O)c2ccc(-n3nc(C)c(Cl)c3C)cc2)on1. The Hall–Kier alpha value is -3.13. The maximum atomic E-state index is 12.3. The van der Waals surface area contributed by atoms with E-state index in [-0.39, 0.29) is 5.88 Å². The number of amides is 1. The summed E-state index contributed by atoms with van der Waals surface area (Å²) >= 11 is 6.17. The molecule has 0 fully saturated rings.